The fraction of sp³-hybridized carbons (Fsp3) is 0.562. The van der Waals surface area contributed by atoms with E-state index in [1.54, 1.807) is 6.07 Å². The minimum atomic E-state index is -0.865. The molecule has 4 heteroatoms. The Morgan fingerprint density at radius 3 is 3.10 bits per heavy atom. The summed E-state index contributed by atoms with van der Waals surface area (Å²) in [6, 6.07) is 5.87. The fourth-order valence-electron chi connectivity index (χ4n) is 3.49. The number of aromatic carboxylic acids is 1. The lowest BCUT2D eigenvalue weighted by molar-refractivity contribution is -0.0801. The van der Waals surface area contributed by atoms with Crippen molar-refractivity contribution in [3.63, 3.8) is 0 Å². The van der Waals surface area contributed by atoms with Crippen LogP contribution in [0.25, 0.3) is 0 Å². The number of rotatable bonds is 3. The first-order valence-electron chi connectivity index (χ1n) is 7.42. The van der Waals surface area contributed by atoms with E-state index in [9.17, 15) is 4.79 Å². The fourth-order valence-corrected chi connectivity index (χ4v) is 3.49. The van der Waals surface area contributed by atoms with Crippen molar-refractivity contribution in [3.8, 4) is 0 Å². The van der Waals surface area contributed by atoms with Crippen LogP contribution in [0.1, 0.15) is 47.4 Å². The molecule has 1 fully saturated rings. The standard InChI is InChI=1S/C16H21NO3/c1-2-7-17-8-9-20-15-13-10-12(16(18)19)4-3-11(13)5-6-14(15)17/h3-4,10,14-15H,2,5-9H2,1H3,(H,18,19)/t14-,15+/m1/s1. The van der Waals surface area contributed by atoms with Crippen LogP contribution < -0.4 is 0 Å². The number of morpholine rings is 1. The van der Waals surface area contributed by atoms with Gasteiger partial charge in [-0.15, -0.1) is 0 Å². The number of aryl methyl sites for hydroxylation is 1. The zero-order chi connectivity index (χ0) is 14.1. The third-order valence-electron chi connectivity index (χ3n) is 4.41. The molecule has 0 saturated carbocycles. The van der Waals surface area contributed by atoms with Gasteiger partial charge in [-0.25, -0.2) is 4.79 Å². The van der Waals surface area contributed by atoms with E-state index in [1.165, 1.54) is 5.56 Å². The first-order valence-corrected chi connectivity index (χ1v) is 7.42. The summed E-state index contributed by atoms with van der Waals surface area (Å²) in [6.07, 6.45) is 3.30. The second-order valence-electron chi connectivity index (χ2n) is 5.65. The van der Waals surface area contributed by atoms with Gasteiger partial charge in [0.05, 0.1) is 18.3 Å². The van der Waals surface area contributed by atoms with Gasteiger partial charge < -0.3 is 9.84 Å². The summed E-state index contributed by atoms with van der Waals surface area (Å²) in [7, 11) is 0. The molecule has 2 aliphatic rings. The topological polar surface area (TPSA) is 49.8 Å². The van der Waals surface area contributed by atoms with Crippen molar-refractivity contribution in [1.29, 1.82) is 0 Å². The lowest BCUT2D eigenvalue weighted by atomic mass is 9.83. The van der Waals surface area contributed by atoms with Gasteiger partial charge in [0.15, 0.2) is 0 Å². The Hall–Kier alpha value is -1.39. The molecule has 1 aliphatic carbocycles. The summed E-state index contributed by atoms with van der Waals surface area (Å²) in [4.78, 5) is 13.7. The van der Waals surface area contributed by atoms with Crippen molar-refractivity contribution in [2.45, 2.75) is 38.3 Å². The van der Waals surface area contributed by atoms with E-state index in [4.69, 9.17) is 9.84 Å². The molecule has 1 heterocycles. The molecule has 0 bridgehead atoms. The molecule has 0 radical (unpaired) electrons. The van der Waals surface area contributed by atoms with E-state index in [0.717, 1.165) is 44.5 Å². The summed E-state index contributed by atoms with van der Waals surface area (Å²) < 4.78 is 5.99. The molecule has 1 aromatic rings. The second kappa shape index (κ2) is 5.54. The van der Waals surface area contributed by atoms with E-state index in [1.807, 2.05) is 12.1 Å². The predicted octanol–water partition coefficient (Wildman–Crippen LogP) is 2.48. The van der Waals surface area contributed by atoms with Crippen LogP contribution in [0.5, 0.6) is 0 Å². The van der Waals surface area contributed by atoms with Gasteiger partial charge >= 0.3 is 5.97 Å². The van der Waals surface area contributed by atoms with Crippen LogP contribution in [0, 0.1) is 0 Å². The average molecular weight is 275 g/mol. The van der Waals surface area contributed by atoms with Crippen molar-refractivity contribution < 1.29 is 14.6 Å². The molecule has 1 saturated heterocycles. The summed E-state index contributed by atoms with van der Waals surface area (Å²) in [6.45, 7) is 5.02. The normalized spacial score (nSPS) is 25.9. The molecule has 20 heavy (non-hydrogen) atoms. The molecule has 1 aromatic carbocycles. The highest BCUT2D eigenvalue weighted by Crippen LogP contribution is 2.38. The van der Waals surface area contributed by atoms with Gasteiger partial charge in [-0.3, -0.25) is 4.90 Å². The number of fused-ring (bicyclic) bond motifs is 3. The quantitative estimate of drug-likeness (QED) is 0.920. The number of nitrogens with zero attached hydrogens (tertiary/aromatic N) is 1. The monoisotopic (exact) mass is 275 g/mol. The summed E-state index contributed by atoms with van der Waals surface area (Å²) in [5.41, 5.74) is 2.69. The van der Waals surface area contributed by atoms with Gasteiger partial charge in [0.1, 0.15) is 0 Å². The lowest BCUT2D eigenvalue weighted by Crippen LogP contribution is -2.49. The van der Waals surface area contributed by atoms with Gasteiger partial charge in [-0.05, 0) is 49.1 Å². The number of ether oxygens (including phenoxy) is 1. The number of carboxylic acids is 1. The average Bonchev–Trinajstić information content (AvgIpc) is 2.47. The van der Waals surface area contributed by atoms with E-state index in [0.29, 0.717) is 11.6 Å². The Bertz CT molecular complexity index is 512. The zero-order valence-electron chi connectivity index (χ0n) is 11.8. The number of benzene rings is 1. The lowest BCUT2D eigenvalue weighted by Gasteiger charge is -2.44. The Balaban J connectivity index is 1.93. The molecule has 0 unspecified atom stereocenters. The molecule has 0 spiro atoms. The maximum atomic E-state index is 11.2. The molecule has 0 amide bonds. The second-order valence-corrected chi connectivity index (χ2v) is 5.65. The van der Waals surface area contributed by atoms with Crippen LogP contribution in [0.3, 0.4) is 0 Å². The largest absolute Gasteiger partial charge is 0.478 e. The summed E-state index contributed by atoms with van der Waals surface area (Å²) >= 11 is 0. The number of hydrogen-bond acceptors (Lipinski definition) is 3. The predicted molar refractivity (Wildman–Crippen MR) is 76.1 cm³/mol. The third-order valence-corrected chi connectivity index (χ3v) is 4.41. The van der Waals surface area contributed by atoms with E-state index in [2.05, 4.69) is 11.8 Å². The van der Waals surface area contributed by atoms with Gasteiger partial charge in [0.25, 0.3) is 0 Å². The van der Waals surface area contributed by atoms with Crippen LogP contribution >= 0.6 is 0 Å². The summed E-state index contributed by atoms with van der Waals surface area (Å²) in [5.74, 6) is -0.865. The van der Waals surface area contributed by atoms with E-state index < -0.39 is 5.97 Å². The van der Waals surface area contributed by atoms with Crippen molar-refractivity contribution in [1.82, 2.24) is 4.90 Å². The SMILES string of the molecule is CCCN1CCO[C@H]2c3cc(C(=O)O)ccc3CC[C@H]21. The molecule has 0 aromatic heterocycles. The Labute approximate surface area is 119 Å². The van der Waals surface area contributed by atoms with Gasteiger partial charge in [-0.1, -0.05) is 13.0 Å². The van der Waals surface area contributed by atoms with Crippen LogP contribution in [0.4, 0.5) is 0 Å². The third kappa shape index (κ3) is 2.34. The minimum Gasteiger partial charge on any atom is -0.478 e. The highest BCUT2D eigenvalue weighted by Gasteiger charge is 2.37. The van der Waals surface area contributed by atoms with Crippen LogP contribution in [-0.2, 0) is 11.2 Å². The summed E-state index contributed by atoms with van der Waals surface area (Å²) in [5, 5.41) is 9.17. The van der Waals surface area contributed by atoms with Gasteiger partial charge in [-0.2, -0.15) is 0 Å². The smallest absolute Gasteiger partial charge is 0.335 e. The highest BCUT2D eigenvalue weighted by atomic mass is 16.5. The first-order chi connectivity index (χ1) is 9.70. The Morgan fingerprint density at radius 1 is 1.50 bits per heavy atom. The van der Waals surface area contributed by atoms with Crippen LogP contribution in [0.2, 0.25) is 0 Å². The molecule has 108 valence electrons. The van der Waals surface area contributed by atoms with Gasteiger partial charge in [0, 0.05) is 12.6 Å². The van der Waals surface area contributed by atoms with Crippen LogP contribution in [0.15, 0.2) is 18.2 Å². The van der Waals surface area contributed by atoms with Crippen LogP contribution in [-0.4, -0.2) is 41.7 Å². The maximum Gasteiger partial charge on any atom is 0.335 e. The maximum absolute atomic E-state index is 11.2. The number of carboxylic acid groups (broad SMARTS) is 1. The van der Waals surface area contributed by atoms with Crippen molar-refractivity contribution >= 4 is 5.97 Å². The molecule has 3 rings (SSSR count). The van der Waals surface area contributed by atoms with E-state index in [-0.39, 0.29) is 6.10 Å². The van der Waals surface area contributed by atoms with Crippen molar-refractivity contribution in [2.24, 2.45) is 0 Å². The van der Waals surface area contributed by atoms with Crippen molar-refractivity contribution in [2.75, 3.05) is 19.7 Å². The number of carbonyl (C=O) groups is 1. The zero-order valence-corrected chi connectivity index (χ0v) is 11.8. The molecule has 1 N–H and O–H groups in total. The minimum absolute atomic E-state index is 0.0401. The molecule has 4 nitrogen and oxygen atoms in total. The molecular weight excluding hydrogens is 254 g/mol. The van der Waals surface area contributed by atoms with Gasteiger partial charge in [0.2, 0.25) is 0 Å². The van der Waals surface area contributed by atoms with E-state index >= 15 is 0 Å². The number of hydrogen-bond donors (Lipinski definition) is 1. The van der Waals surface area contributed by atoms with Crippen molar-refractivity contribution in [3.05, 3.63) is 34.9 Å². The Morgan fingerprint density at radius 2 is 2.35 bits per heavy atom. The Kier molecular flexibility index (Phi) is 3.76. The molecule has 2 atom stereocenters. The highest BCUT2D eigenvalue weighted by molar-refractivity contribution is 5.88. The molecular formula is C16H21NO3. The molecule has 1 aliphatic heterocycles. The first kappa shape index (κ1) is 13.6.